The maximum atomic E-state index is 10.8. The zero-order chi connectivity index (χ0) is 12.3. The van der Waals surface area contributed by atoms with E-state index in [1.54, 1.807) is 12.5 Å². The lowest BCUT2D eigenvalue weighted by atomic mass is 10.2. The van der Waals surface area contributed by atoms with Crippen LogP contribution < -0.4 is 4.74 Å². The Labute approximate surface area is 102 Å². The summed E-state index contributed by atoms with van der Waals surface area (Å²) < 4.78 is 5.17. The number of benzene rings is 1. The van der Waals surface area contributed by atoms with Crippen LogP contribution in [-0.2, 0) is 4.79 Å². The van der Waals surface area contributed by atoms with Crippen LogP contribution in [0.2, 0.25) is 0 Å². The molecule has 17 heavy (non-hydrogen) atoms. The van der Waals surface area contributed by atoms with Gasteiger partial charge in [0.15, 0.2) is 0 Å². The van der Waals surface area contributed by atoms with E-state index < -0.39 is 11.4 Å². The topological polar surface area (TPSA) is 72.3 Å². The van der Waals surface area contributed by atoms with Gasteiger partial charge >= 0.3 is 12.0 Å². The zero-order valence-electron chi connectivity index (χ0n) is 9.03. The van der Waals surface area contributed by atoms with Crippen LogP contribution in [0.25, 0.3) is 10.9 Å². The Balaban J connectivity index is 2.27. The van der Waals surface area contributed by atoms with Crippen molar-refractivity contribution in [1.29, 1.82) is 0 Å². The molecule has 1 atom stereocenters. The largest absolute Gasteiger partial charge is 0.478 e. The van der Waals surface area contributed by atoms with Crippen LogP contribution in [-0.4, -0.2) is 32.7 Å². The van der Waals surface area contributed by atoms with E-state index in [-0.39, 0.29) is 6.01 Å². The van der Waals surface area contributed by atoms with Crippen LogP contribution in [0.15, 0.2) is 30.5 Å². The molecule has 1 aromatic heterocycles. The summed E-state index contributed by atoms with van der Waals surface area (Å²) >= 11 is 1.08. The molecule has 6 heteroatoms. The van der Waals surface area contributed by atoms with E-state index in [2.05, 4.69) is 9.97 Å². The molecule has 0 saturated heterocycles. The van der Waals surface area contributed by atoms with Gasteiger partial charge in [-0.15, -0.1) is 11.8 Å². The van der Waals surface area contributed by atoms with Crippen LogP contribution in [0.1, 0.15) is 0 Å². The van der Waals surface area contributed by atoms with E-state index in [1.807, 2.05) is 24.3 Å². The summed E-state index contributed by atoms with van der Waals surface area (Å²) in [7, 11) is 0. The lowest BCUT2D eigenvalue weighted by Crippen LogP contribution is -2.23. The minimum absolute atomic E-state index is 0.0745. The third-order valence-electron chi connectivity index (χ3n) is 2.10. The third-order valence-corrected chi connectivity index (χ3v) is 2.82. The fourth-order valence-corrected chi connectivity index (χ4v) is 1.69. The Morgan fingerprint density at radius 1 is 1.47 bits per heavy atom. The second-order valence-corrected chi connectivity index (χ2v) is 4.13. The van der Waals surface area contributed by atoms with E-state index in [1.165, 1.54) is 0 Å². The van der Waals surface area contributed by atoms with Crippen molar-refractivity contribution in [3.8, 4) is 6.01 Å². The number of ether oxygens (including phenoxy) is 1. The number of hydrogen-bond acceptors (Lipinski definition) is 5. The first-order chi connectivity index (χ1) is 8.20. The second-order valence-electron chi connectivity index (χ2n) is 3.24. The number of hydrogen-bond donors (Lipinski definition) is 1. The number of carboxylic acid groups (broad SMARTS) is 1. The van der Waals surface area contributed by atoms with Gasteiger partial charge in [-0.1, -0.05) is 18.2 Å². The Morgan fingerprint density at radius 3 is 2.94 bits per heavy atom. The van der Waals surface area contributed by atoms with Gasteiger partial charge < -0.3 is 9.84 Å². The molecular weight excluding hydrogens is 240 g/mol. The van der Waals surface area contributed by atoms with Crippen molar-refractivity contribution in [2.75, 3.05) is 6.26 Å². The number of rotatable bonds is 4. The van der Waals surface area contributed by atoms with Crippen LogP contribution in [0, 0.1) is 0 Å². The maximum absolute atomic E-state index is 10.8. The van der Waals surface area contributed by atoms with Crippen LogP contribution >= 0.6 is 11.8 Å². The summed E-state index contributed by atoms with van der Waals surface area (Å²) in [6.07, 6.45) is 3.26. The molecule has 0 saturated carbocycles. The highest BCUT2D eigenvalue weighted by molar-refractivity contribution is 7.99. The number of aliphatic carboxylic acids is 1. The lowest BCUT2D eigenvalue weighted by Gasteiger charge is -2.10. The average Bonchev–Trinajstić information content (AvgIpc) is 2.35. The predicted octanol–water partition coefficient (Wildman–Crippen LogP) is 1.78. The standard InChI is InChI=1S/C11H10N2O3S/c1-17-10(9(14)15)16-11-12-6-7-4-2-3-5-8(7)13-11/h2-6,10H,1H3,(H,14,15). The number of carboxylic acids is 1. The van der Waals surface area contributed by atoms with Crippen LogP contribution in [0.5, 0.6) is 6.01 Å². The van der Waals surface area contributed by atoms with E-state index in [0.717, 1.165) is 22.7 Å². The number of para-hydroxylation sites is 1. The monoisotopic (exact) mass is 250 g/mol. The summed E-state index contributed by atoms with van der Waals surface area (Å²) in [5.41, 5.74) is -0.265. The van der Waals surface area contributed by atoms with Crippen molar-refractivity contribution in [2.24, 2.45) is 0 Å². The zero-order valence-corrected chi connectivity index (χ0v) is 9.85. The highest BCUT2D eigenvalue weighted by atomic mass is 32.2. The molecular formula is C11H10N2O3S. The maximum Gasteiger partial charge on any atom is 0.355 e. The van der Waals surface area contributed by atoms with E-state index >= 15 is 0 Å². The number of thioether (sulfide) groups is 1. The first kappa shape index (κ1) is 11.7. The van der Waals surface area contributed by atoms with Crippen LogP contribution in [0.3, 0.4) is 0 Å². The molecule has 0 amide bonds. The molecule has 0 aliphatic rings. The summed E-state index contributed by atoms with van der Waals surface area (Å²) in [4.78, 5) is 18.9. The van der Waals surface area contributed by atoms with E-state index in [9.17, 15) is 4.79 Å². The summed E-state index contributed by atoms with van der Waals surface area (Å²) in [5.74, 6) is -1.05. The third kappa shape index (κ3) is 2.65. The molecule has 2 rings (SSSR count). The van der Waals surface area contributed by atoms with Gasteiger partial charge in [-0.2, -0.15) is 4.98 Å². The molecule has 0 radical (unpaired) electrons. The molecule has 5 nitrogen and oxygen atoms in total. The molecule has 0 fully saturated rings. The van der Waals surface area contributed by atoms with E-state index in [0.29, 0.717) is 0 Å². The predicted molar refractivity (Wildman–Crippen MR) is 65.1 cm³/mol. The fraction of sp³-hybridized carbons (Fsp3) is 0.182. The van der Waals surface area contributed by atoms with Crippen molar-refractivity contribution in [3.63, 3.8) is 0 Å². The van der Waals surface area contributed by atoms with Gasteiger partial charge in [-0.3, -0.25) is 0 Å². The molecule has 88 valence electrons. The Kier molecular flexibility index (Phi) is 3.43. The van der Waals surface area contributed by atoms with Crippen molar-refractivity contribution >= 4 is 28.6 Å². The molecule has 2 aromatic rings. The Hall–Kier alpha value is -1.82. The van der Waals surface area contributed by atoms with Crippen molar-refractivity contribution < 1.29 is 14.6 Å². The van der Waals surface area contributed by atoms with Crippen molar-refractivity contribution in [1.82, 2.24) is 9.97 Å². The first-order valence-electron chi connectivity index (χ1n) is 4.85. The molecule has 1 heterocycles. The number of fused-ring (bicyclic) bond motifs is 1. The van der Waals surface area contributed by atoms with Gasteiger partial charge in [0, 0.05) is 11.6 Å². The first-order valence-corrected chi connectivity index (χ1v) is 6.13. The molecule has 1 unspecified atom stereocenters. The minimum atomic E-state index is -1.05. The number of carbonyl (C=O) groups is 1. The van der Waals surface area contributed by atoms with Gasteiger partial charge in [0.1, 0.15) is 0 Å². The highest BCUT2D eigenvalue weighted by Gasteiger charge is 2.18. The number of nitrogens with zero attached hydrogens (tertiary/aromatic N) is 2. The number of aromatic nitrogens is 2. The van der Waals surface area contributed by atoms with Crippen molar-refractivity contribution in [3.05, 3.63) is 30.5 Å². The average molecular weight is 250 g/mol. The summed E-state index contributed by atoms with van der Waals surface area (Å²) in [6.45, 7) is 0. The van der Waals surface area contributed by atoms with Gasteiger partial charge in [-0.05, 0) is 12.3 Å². The van der Waals surface area contributed by atoms with Crippen molar-refractivity contribution in [2.45, 2.75) is 5.44 Å². The molecule has 0 spiro atoms. The second kappa shape index (κ2) is 5.01. The van der Waals surface area contributed by atoms with Crippen LogP contribution in [0.4, 0.5) is 0 Å². The molecule has 0 bridgehead atoms. The molecule has 0 aliphatic carbocycles. The normalized spacial score (nSPS) is 12.3. The lowest BCUT2D eigenvalue weighted by molar-refractivity contribution is -0.141. The summed E-state index contributed by atoms with van der Waals surface area (Å²) in [6, 6.07) is 7.50. The van der Waals surface area contributed by atoms with E-state index in [4.69, 9.17) is 9.84 Å². The van der Waals surface area contributed by atoms with Gasteiger partial charge in [0.2, 0.25) is 5.44 Å². The van der Waals surface area contributed by atoms with Gasteiger partial charge in [0.05, 0.1) is 5.52 Å². The summed E-state index contributed by atoms with van der Waals surface area (Å²) in [5, 5.41) is 9.73. The quantitative estimate of drug-likeness (QED) is 0.834. The Morgan fingerprint density at radius 2 is 2.24 bits per heavy atom. The fourth-order valence-electron chi connectivity index (χ4n) is 1.31. The van der Waals surface area contributed by atoms with Gasteiger partial charge in [-0.25, -0.2) is 9.78 Å². The minimum Gasteiger partial charge on any atom is -0.478 e. The SMILES string of the molecule is CSC(Oc1ncc2ccccc2n1)C(=O)O. The van der Waals surface area contributed by atoms with Gasteiger partial charge in [0.25, 0.3) is 0 Å². The molecule has 1 aromatic carbocycles. The smallest absolute Gasteiger partial charge is 0.355 e. The molecule has 1 N–H and O–H groups in total. The Bertz CT molecular complexity index is 547. The molecule has 0 aliphatic heterocycles. The highest BCUT2D eigenvalue weighted by Crippen LogP contribution is 2.16.